The summed E-state index contributed by atoms with van der Waals surface area (Å²) < 4.78 is 0. The number of aliphatic carboxylic acids is 2. The molecule has 0 aliphatic heterocycles. The minimum atomic E-state index is -1.05. The van der Waals surface area contributed by atoms with Gasteiger partial charge >= 0.3 is 23.9 Å². The molecule has 4 N–H and O–H groups in total. The second kappa shape index (κ2) is 11.5. The van der Waals surface area contributed by atoms with Gasteiger partial charge in [0.25, 0.3) is 0 Å². The molecule has 2 atom stereocenters. The van der Waals surface area contributed by atoms with E-state index in [4.69, 9.17) is 0 Å². The number of aromatic carboxylic acids is 2. The third-order valence-electron chi connectivity index (χ3n) is 7.50. The molecule has 0 amide bonds. The summed E-state index contributed by atoms with van der Waals surface area (Å²) in [5.41, 5.74) is 6.42. The molecule has 42 heavy (non-hydrogen) atoms. The van der Waals surface area contributed by atoms with Crippen molar-refractivity contribution < 1.29 is 39.6 Å². The molecule has 8 heteroatoms. The molecule has 0 saturated heterocycles. The molecule has 0 bridgehead atoms. The Morgan fingerprint density at radius 2 is 0.881 bits per heavy atom. The van der Waals surface area contributed by atoms with Gasteiger partial charge in [0.2, 0.25) is 0 Å². The lowest BCUT2D eigenvalue weighted by Gasteiger charge is -2.22. The van der Waals surface area contributed by atoms with Gasteiger partial charge in [0.1, 0.15) is 0 Å². The van der Waals surface area contributed by atoms with Gasteiger partial charge in [-0.2, -0.15) is 0 Å². The number of carboxylic acid groups (broad SMARTS) is 4. The smallest absolute Gasteiger partial charge is 0.335 e. The van der Waals surface area contributed by atoms with Gasteiger partial charge in [-0.15, -0.1) is 0 Å². The van der Waals surface area contributed by atoms with Gasteiger partial charge in [-0.1, -0.05) is 60.7 Å². The Kier molecular flexibility index (Phi) is 7.71. The van der Waals surface area contributed by atoms with Crippen molar-refractivity contribution in [3.63, 3.8) is 0 Å². The van der Waals surface area contributed by atoms with Crippen LogP contribution in [0.15, 0.2) is 97.1 Å². The van der Waals surface area contributed by atoms with Crippen LogP contribution in [0.25, 0.3) is 33.4 Å². The zero-order valence-corrected chi connectivity index (χ0v) is 22.2. The Morgan fingerprint density at radius 3 is 1.14 bits per heavy atom. The fraction of sp³-hybridized carbons (Fsp3) is 0.118. The molecule has 0 fully saturated rings. The summed E-state index contributed by atoms with van der Waals surface area (Å²) in [7, 11) is 0. The molecule has 3 aromatic carbocycles. The molecule has 0 heterocycles. The number of benzene rings is 3. The second-order valence-corrected chi connectivity index (χ2v) is 10.1. The average molecular weight is 563 g/mol. The predicted molar refractivity (Wildman–Crippen MR) is 157 cm³/mol. The lowest BCUT2D eigenvalue weighted by Crippen LogP contribution is -2.13. The van der Waals surface area contributed by atoms with Crippen LogP contribution < -0.4 is 0 Å². The number of carbonyl (C=O) groups is 4. The van der Waals surface area contributed by atoms with Crippen LogP contribution in [0.2, 0.25) is 0 Å². The van der Waals surface area contributed by atoms with E-state index in [0.29, 0.717) is 12.8 Å². The largest absolute Gasteiger partial charge is 0.481 e. The molecule has 0 aromatic heterocycles. The topological polar surface area (TPSA) is 149 Å². The summed E-state index contributed by atoms with van der Waals surface area (Å²) in [6.45, 7) is 0. The van der Waals surface area contributed by atoms with Crippen LogP contribution in [0, 0.1) is 11.8 Å². The third kappa shape index (κ3) is 5.69. The fourth-order valence-corrected chi connectivity index (χ4v) is 5.15. The number of carboxylic acids is 4. The minimum absolute atomic E-state index is 0.131. The van der Waals surface area contributed by atoms with Gasteiger partial charge < -0.3 is 20.4 Å². The lowest BCUT2D eigenvalue weighted by atomic mass is 9.82. The van der Waals surface area contributed by atoms with E-state index < -0.39 is 35.7 Å². The monoisotopic (exact) mass is 562 g/mol. The molecule has 0 saturated carbocycles. The van der Waals surface area contributed by atoms with Crippen LogP contribution in [-0.4, -0.2) is 44.3 Å². The van der Waals surface area contributed by atoms with Crippen LogP contribution in [0.4, 0.5) is 0 Å². The van der Waals surface area contributed by atoms with Crippen molar-refractivity contribution in [1.29, 1.82) is 0 Å². The number of hydrogen-bond acceptors (Lipinski definition) is 4. The molecule has 3 aromatic rings. The second-order valence-electron chi connectivity index (χ2n) is 10.1. The number of rotatable bonds is 8. The van der Waals surface area contributed by atoms with Crippen molar-refractivity contribution in [2.45, 2.75) is 12.8 Å². The van der Waals surface area contributed by atoms with E-state index >= 15 is 0 Å². The van der Waals surface area contributed by atoms with E-state index in [1.807, 2.05) is 24.3 Å². The van der Waals surface area contributed by atoms with Crippen LogP contribution in [0.5, 0.6) is 0 Å². The summed E-state index contributed by atoms with van der Waals surface area (Å²) in [5.74, 6) is -5.22. The van der Waals surface area contributed by atoms with E-state index in [-0.39, 0.29) is 11.1 Å². The molecule has 0 radical (unpaired) electrons. The Morgan fingerprint density at radius 1 is 0.524 bits per heavy atom. The number of hydrogen-bond donors (Lipinski definition) is 4. The highest BCUT2D eigenvalue weighted by Gasteiger charge is 2.23. The normalized spacial score (nSPS) is 17.7. The van der Waals surface area contributed by atoms with E-state index in [9.17, 15) is 39.6 Å². The first kappa shape index (κ1) is 28.0. The Labute approximate surface area is 240 Å². The maximum absolute atomic E-state index is 11.6. The summed E-state index contributed by atoms with van der Waals surface area (Å²) in [5, 5.41) is 37.7. The van der Waals surface area contributed by atoms with Crippen molar-refractivity contribution >= 4 is 35.0 Å². The fourth-order valence-electron chi connectivity index (χ4n) is 5.15. The minimum Gasteiger partial charge on any atom is -0.481 e. The van der Waals surface area contributed by atoms with Crippen LogP contribution in [-0.2, 0) is 9.59 Å². The van der Waals surface area contributed by atoms with Crippen LogP contribution in [0.3, 0.4) is 0 Å². The maximum atomic E-state index is 11.6. The first-order valence-electron chi connectivity index (χ1n) is 13.2. The molecule has 2 unspecified atom stereocenters. The summed E-state index contributed by atoms with van der Waals surface area (Å²) >= 11 is 0. The van der Waals surface area contributed by atoms with Crippen molar-refractivity contribution in [2.75, 3.05) is 0 Å². The van der Waals surface area contributed by atoms with Gasteiger partial charge in [-0.3, -0.25) is 9.59 Å². The molecule has 210 valence electrons. The molecular weight excluding hydrogens is 536 g/mol. The van der Waals surface area contributed by atoms with Crippen LogP contribution in [0.1, 0.15) is 44.7 Å². The average Bonchev–Trinajstić information content (AvgIpc) is 3.00. The van der Waals surface area contributed by atoms with Gasteiger partial charge in [0.15, 0.2) is 0 Å². The quantitative estimate of drug-likeness (QED) is 0.243. The Balaban J connectivity index is 1.73. The molecule has 0 spiro atoms. The summed E-state index contributed by atoms with van der Waals surface area (Å²) in [6.07, 6.45) is 11.2. The van der Waals surface area contributed by atoms with Crippen molar-refractivity contribution in [1.82, 2.24) is 0 Å². The summed E-state index contributed by atoms with van der Waals surface area (Å²) in [6, 6.07) is 16.8. The van der Waals surface area contributed by atoms with E-state index in [1.54, 1.807) is 48.6 Å². The lowest BCUT2D eigenvalue weighted by molar-refractivity contribution is -0.140. The molecule has 5 rings (SSSR count). The van der Waals surface area contributed by atoms with Crippen molar-refractivity contribution in [3.8, 4) is 22.3 Å². The Bertz CT molecular complexity index is 1590. The highest BCUT2D eigenvalue weighted by molar-refractivity contribution is 5.97. The highest BCUT2D eigenvalue weighted by atomic mass is 16.4. The van der Waals surface area contributed by atoms with Gasteiger partial charge in [-0.05, 0) is 93.8 Å². The zero-order valence-electron chi connectivity index (χ0n) is 22.2. The molecule has 8 nitrogen and oxygen atoms in total. The zero-order chi connectivity index (χ0) is 30.0. The number of allylic oxidation sites excluding steroid dienone is 6. The van der Waals surface area contributed by atoms with Gasteiger partial charge in [-0.25, -0.2) is 9.59 Å². The standard InChI is InChI=1S/C34H26O8/c35-31(36)23-9-1-19(2-10-23)27-17-29(21-5-13-25(14-6-21)33(39)40)30(22-7-15-26(16-8-22)34(41)42)18-28(27)20-3-11-24(12-4-20)32(37)38/h1-13,15,17-18,25-26H,14,16H2,(H,35,36)(H,37,38)(H,39,40)(H,41,42). The van der Waals surface area contributed by atoms with Gasteiger partial charge in [0, 0.05) is 0 Å². The first-order chi connectivity index (χ1) is 20.1. The van der Waals surface area contributed by atoms with Crippen molar-refractivity contribution in [2.24, 2.45) is 11.8 Å². The first-order valence-corrected chi connectivity index (χ1v) is 13.2. The van der Waals surface area contributed by atoms with E-state index in [1.165, 1.54) is 24.3 Å². The summed E-state index contributed by atoms with van der Waals surface area (Å²) in [4.78, 5) is 46.1. The van der Waals surface area contributed by atoms with Gasteiger partial charge in [0.05, 0.1) is 23.0 Å². The SMILES string of the molecule is O=C(O)c1ccc(-c2cc(C3=CCC(C(=O)O)C=C3)c(C3=CCC(C(=O)O)C=C3)cc2-c2ccc(C(=O)O)cc2)cc1. The van der Waals surface area contributed by atoms with E-state index in [0.717, 1.165) is 44.5 Å². The van der Waals surface area contributed by atoms with Crippen LogP contribution >= 0.6 is 0 Å². The Hall–Kier alpha value is -5.50. The molecular formula is C34H26O8. The third-order valence-corrected chi connectivity index (χ3v) is 7.50. The highest BCUT2D eigenvalue weighted by Crippen LogP contribution is 2.41. The molecule has 2 aliphatic carbocycles. The van der Waals surface area contributed by atoms with E-state index in [2.05, 4.69) is 0 Å². The maximum Gasteiger partial charge on any atom is 0.335 e. The molecule has 2 aliphatic rings. The predicted octanol–water partition coefficient (Wildman–Crippen LogP) is 6.51. The van der Waals surface area contributed by atoms with Crippen molar-refractivity contribution in [3.05, 3.63) is 119 Å².